The minimum atomic E-state index is -3.66. The van der Waals surface area contributed by atoms with Gasteiger partial charge >= 0.3 is 0 Å². The molecule has 1 aromatic heterocycles. The third kappa shape index (κ3) is 6.15. The predicted octanol–water partition coefficient (Wildman–Crippen LogP) is 2.55. The van der Waals surface area contributed by atoms with Crippen molar-refractivity contribution in [2.24, 2.45) is 0 Å². The molecule has 1 amide bonds. The van der Waals surface area contributed by atoms with Crippen LogP contribution in [0.3, 0.4) is 0 Å². The van der Waals surface area contributed by atoms with E-state index in [1.165, 1.54) is 12.1 Å². The SMILES string of the molecule is O=C(CCc1cnn(-c2ccccc2)c1)NCCNS(=O)(=O)c1cccc(Cl)c1. The van der Waals surface area contributed by atoms with Gasteiger partial charge in [0.2, 0.25) is 15.9 Å². The van der Waals surface area contributed by atoms with Crippen molar-refractivity contribution in [1.82, 2.24) is 19.8 Å². The number of aromatic nitrogens is 2. The Kier molecular flexibility index (Phi) is 7.03. The number of nitrogens with zero attached hydrogens (tertiary/aromatic N) is 2. The van der Waals surface area contributed by atoms with Crippen LogP contribution in [0.25, 0.3) is 5.69 Å². The summed E-state index contributed by atoms with van der Waals surface area (Å²) in [5.41, 5.74) is 1.90. The van der Waals surface area contributed by atoms with Crippen LogP contribution in [0.1, 0.15) is 12.0 Å². The van der Waals surface area contributed by atoms with Gasteiger partial charge in [-0.3, -0.25) is 4.79 Å². The van der Waals surface area contributed by atoms with Gasteiger partial charge in [-0.05, 0) is 42.3 Å². The molecular weight excluding hydrogens is 412 g/mol. The first-order chi connectivity index (χ1) is 13.9. The second-order valence-corrected chi connectivity index (χ2v) is 8.54. The van der Waals surface area contributed by atoms with Crippen molar-refractivity contribution in [3.05, 3.63) is 77.6 Å². The molecule has 2 aromatic carbocycles. The molecule has 29 heavy (non-hydrogen) atoms. The number of amides is 1. The Morgan fingerprint density at radius 2 is 1.86 bits per heavy atom. The Balaban J connectivity index is 1.40. The van der Waals surface area contributed by atoms with Gasteiger partial charge in [-0.2, -0.15) is 5.10 Å². The number of carbonyl (C=O) groups is 1. The van der Waals surface area contributed by atoms with E-state index in [1.807, 2.05) is 36.5 Å². The lowest BCUT2D eigenvalue weighted by molar-refractivity contribution is -0.121. The fourth-order valence-corrected chi connectivity index (χ4v) is 3.99. The smallest absolute Gasteiger partial charge is 0.240 e. The quantitative estimate of drug-likeness (QED) is 0.508. The lowest BCUT2D eigenvalue weighted by Gasteiger charge is -2.08. The van der Waals surface area contributed by atoms with Crippen molar-refractivity contribution in [2.75, 3.05) is 13.1 Å². The van der Waals surface area contributed by atoms with E-state index < -0.39 is 10.0 Å². The minimum absolute atomic E-state index is 0.0896. The van der Waals surface area contributed by atoms with Gasteiger partial charge in [0, 0.05) is 30.7 Å². The molecule has 0 spiro atoms. The second-order valence-electron chi connectivity index (χ2n) is 6.33. The lowest BCUT2D eigenvalue weighted by atomic mass is 10.2. The molecule has 3 rings (SSSR count). The molecule has 0 bridgehead atoms. The highest BCUT2D eigenvalue weighted by molar-refractivity contribution is 7.89. The van der Waals surface area contributed by atoms with Crippen molar-refractivity contribution in [2.45, 2.75) is 17.7 Å². The lowest BCUT2D eigenvalue weighted by Crippen LogP contribution is -2.34. The summed E-state index contributed by atoms with van der Waals surface area (Å²) in [4.78, 5) is 12.1. The molecule has 7 nitrogen and oxygen atoms in total. The summed E-state index contributed by atoms with van der Waals surface area (Å²) in [5.74, 6) is -0.153. The number of para-hydroxylation sites is 1. The van der Waals surface area contributed by atoms with E-state index >= 15 is 0 Å². The molecule has 0 aliphatic rings. The van der Waals surface area contributed by atoms with E-state index in [-0.39, 0.29) is 23.9 Å². The molecule has 152 valence electrons. The Morgan fingerprint density at radius 1 is 1.07 bits per heavy atom. The summed E-state index contributed by atoms with van der Waals surface area (Å²) in [6.45, 7) is 0.286. The summed E-state index contributed by atoms with van der Waals surface area (Å²) >= 11 is 5.82. The molecule has 0 aliphatic carbocycles. The molecule has 0 unspecified atom stereocenters. The van der Waals surface area contributed by atoms with Crippen molar-refractivity contribution in [1.29, 1.82) is 0 Å². The van der Waals surface area contributed by atoms with Gasteiger partial charge < -0.3 is 5.32 Å². The molecule has 2 N–H and O–H groups in total. The second kappa shape index (κ2) is 9.69. The number of benzene rings is 2. The Labute approximate surface area is 174 Å². The largest absolute Gasteiger partial charge is 0.355 e. The highest BCUT2D eigenvalue weighted by Gasteiger charge is 2.13. The van der Waals surface area contributed by atoms with Crippen molar-refractivity contribution in [3.63, 3.8) is 0 Å². The van der Waals surface area contributed by atoms with Crippen molar-refractivity contribution >= 4 is 27.5 Å². The highest BCUT2D eigenvalue weighted by Crippen LogP contribution is 2.15. The van der Waals surface area contributed by atoms with E-state index in [4.69, 9.17) is 11.6 Å². The highest BCUT2D eigenvalue weighted by atomic mass is 35.5. The summed E-state index contributed by atoms with van der Waals surface area (Å²) in [5, 5.41) is 7.35. The monoisotopic (exact) mass is 432 g/mol. The Morgan fingerprint density at radius 3 is 2.62 bits per heavy atom. The molecule has 3 aromatic rings. The van der Waals surface area contributed by atoms with Crippen molar-refractivity contribution < 1.29 is 13.2 Å². The molecule has 0 radical (unpaired) electrons. The number of nitrogens with one attached hydrogen (secondary N) is 2. The van der Waals surface area contributed by atoms with Gasteiger partial charge in [-0.1, -0.05) is 35.9 Å². The van der Waals surface area contributed by atoms with E-state index in [0.29, 0.717) is 17.9 Å². The van der Waals surface area contributed by atoms with Gasteiger partial charge in [0.1, 0.15) is 0 Å². The van der Waals surface area contributed by atoms with E-state index in [2.05, 4.69) is 15.1 Å². The van der Waals surface area contributed by atoms with Gasteiger partial charge in [-0.15, -0.1) is 0 Å². The zero-order valence-electron chi connectivity index (χ0n) is 15.6. The first-order valence-electron chi connectivity index (χ1n) is 9.05. The number of halogens is 1. The van der Waals surface area contributed by atoms with Crippen LogP contribution in [-0.2, 0) is 21.2 Å². The molecule has 0 saturated heterocycles. The number of sulfonamides is 1. The minimum Gasteiger partial charge on any atom is -0.355 e. The maximum absolute atomic E-state index is 12.2. The average molecular weight is 433 g/mol. The first kappa shape index (κ1) is 21.0. The van der Waals surface area contributed by atoms with Crippen LogP contribution >= 0.6 is 11.6 Å². The number of aryl methyl sites for hydroxylation is 1. The fourth-order valence-electron chi connectivity index (χ4n) is 2.66. The van der Waals surface area contributed by atoms with Crippen LogP contribution in [-0.4, -0.2) is 37.2 Å². The van der Waals surface area contributed by atoms with Crippen LogP contribution < -0.4 is 10.0 Å². The van der Waals surface area contributed by atoms with Gasteiger partial charge in [0.25, 0.3) is 0 Å². The van der Waals surface area contributed by atoms with Crippen molar-refractivity contribution in [3.8, 4) is 5.69 Å². The van der Waals surface area contributed by atoms with Crippen LogP contribution in [0.15, 0.2) is 71.9 Å². The number of hydrogen-bond acceptors (Lipinski definition) is 4. The maximum Gasteiger partial charge on any atom is 0.240 e. The molecule has 0 saturated carbocycles. The van der Waals surface area contributed by atoms with E-state index in [0.717, 1.165) is 11.3 Å². The third-order valence-electron chi connectivity index (χ3n) is 4.14. The fraction of sp³-hybridized carbons (Fsp3) is 0.200. The number of hydrogen-bond donors (Lipinski definition) is 2. The molecule has 0 atom stereocenters. The summed E-state index contributed by atoms with van der Waals surface area (Å²) in [6, 6.07) is 15.7. The summed E-state index contributed by atoms with van der Waals surface area (Å²) in [7, 11) is -3.66. The predicted molar refractivity (Wildman–Crippen MR) is 112 cm³/mol. The zero-order chi connectivity index (χ0) is 20.7. The van der Waals surface area contributed by atoms with E-state index in [9.17, 15) is 13.2 Å². The molecule has 9 heteroatoms. The zero-order valence-corrected chi connectivity index (χ0v) is 17.2. The van der Waals surface area contributed by atoms with Gasteiger partial charge in [0.15, 0.2) is 0 Å². The summed E-state index contributed by atoms with van der Waals surface area (Å²) in [6.07, 6.45) is 4.47. The normalized spacial score (nSPS) is 11.3. The Bertz CT molecular complexity index is 1070. The summed E-state index contributed by atoms with van der Waals surface area (Å²) < 4.78 is 28.5. The van der Waals surface area contributed by atoms with E-state index in [1.54, 1.807) is 23.0 Å². The number of carbonyl (C=O) groups excluding carboxylic acids is 1. The first-order valence-corrected chi connectivity index (χ1v) is 10.9. The van der Waals surface area contributed by atoms with Gasteiger partial charge in [0.05, 0.1) is 16.8 Å². The molecule has 1 heterocycles. The molecule has 0 aliphatic heterocycles. The Hall–Kier alpha value is -2.68. The third-order valence-corrected chi connectivity index (χ3v) is 5.84. The van der Waals surface area contributed by atoms with Crippen LogP contribution in [0.2, 0.25) is 5.02 Å². The van der Waals surface area contributed by atoms with Gasteiger partial charge in [-0.25, -0.2) is 17.8 Å². The molecular formula is C20H21ClN4O3S. The average Bonchev–Trinajstić information content (AvgIpc) is 3.19. The standard InChI is InChI=1S/C20H21ClN4O3S/c21-17-5-4-8-19(13-17)29(27,28)24-12-11-22-20(26)10-9-16-14-23-25(15-16)18-6-2-1-3-7-18/h1-8,13-15,24H,9-12H2,(H,22,26). The van der Waals surface area contributed by atoms with Crippen LogP contribution in [0.5, 0.6) is 0 Å². The number of rotatable bonds is 9. The van der Waals surface area contributed by atoms with Crippen LogP contribution in [0, 0.1) is 0 Å². The maximum atomic E-state index is 12.2. The molecule has 0 fully saturated rings. The topological polar surface area (TPSA) is 93.1 Å². The van der Waals surface area contributed by atoms with Crippen LogP contribution in [0.4, 0.5) is 0 Å².